The lowest BCUT2D eigenvalue weighted by molar-refractivity contribution is -0.122. The first kappa shape index (κ1) is 50.8. The molecule has 0 atom stereocenters. The Bertz CT molecular complexity index is 1770. The Kier molecular flexibility index (Phi) is 26.1. The predicted molar refractivity (Wildman–Crippen MR) is 228 cm³/mol. The van der Waals surface area contributed by atoms with Gasteiger partial charge in [-0.2, -0.15) is 10.2 Å². The van der Waals surface area contributed by atoms with Crippen LogP contribution in [0.5, 0.6) is 5.75 Å². The number of hydrogen-bond acceptors (Lipinski definition) is 16. The Morgan fingerprint density at radius 2 is 0.951 bits per heavy atom. The minimum atomic E-state index is -4.23. The normalized spacial score (nSPS) is 11.6. The molecule has 0 aliphatic heterocycles. The summed E-state index contributed by atoms with van der Waals surface area (Å²) in [6.45, 7) is 6.60. The molecule has 0 aliphatic carbocycles. The molecule has 19 heteroatoms. The van der Waals surface area contributed by atoms with Gasteiger partial charge in [-0.25, -0.2) is 8.42 Å². The van der Waals surface area contributed by atoms with Gasteiger partial charge in [0.2, 0.25) is 5.91 Å². The molecule has 0 fully saturated rings. The molecule has 0 radical (unpaired) electrons. The standard InChI is InChI=1S/C42H61N5O13S/c1-47(2)38-9-5-36(6-10-38)45-46-37-7-13-40(14-8-37)61(51,52)42(50)44-18-20-54-22-24-56-26-28-58-30-32-60-34-33-59-31-29-57-27-25-55-23-21-53-19-16-41(49)43-17-15-35-3-11-39(48)12-4-35/h3-14,48H,15-34H2,1-2H3,(H,43,49)(H,44,50)/b46-45+. The highest BCUT2D eigenvalue weighted by Crippen LogP contribution is 2.23. The molecule has 61 heavy (non-hydrogen) atoms. The van der Waals surface area contributed by atoms with E-state index in [1.165, 1.54) is 24.3 Å². The van der Waals surface area contributed by atoms with Gasteiger partial charge in [-0.15, -0.1) is 0 Å². The number of carbonyl (C=O) groups is 2. The number of aromatic hydroxyl groups is 1. The molecule has 0 aliphatic rings. The number of benzene rings is 3. The Morgan fingerprint density at radius 3 is 1.39 bits per heavy atom. The lowest BCUT2D eigenvalue weighted by Crippen LogP contribution is -2.32. The number of rotatable bonds is 34. The highest BCUT2D eigenvalue weighted by Gasteiger charge is 2.24. The molecular formula is C42H61N5O13S. The third-order valence-electron chi connectivity index (χ3n) is 8.30. The third-order valence-corrected chi connectivity index (χ3v) is 9.83. The molecule has 3 rings (SSSR count). The first-order valence-electron chi connectivity index (χ1n) is 20.1. The summed E-state index contributed by atoms with van der Waals surface area (Å²) in [5, 5.41) is 21.7. The van der Waals surface area contributed by atoms with Crippen LogP contribution in [0.3, 0.4) is 0 Å². The Labute approximate surface area is 358 Å². The highest BCUT2D eigenvalue weighted by atomic mass is 32.2. The molecule has 18 nitrogen and oxygen atoms in total. The predicted octanol–water partition coefficient (Wildman–Crippen LogP) is 4.24. The Hall–Kier alpha value is -4.57. The number of carbonyl (C=O) groups excluding carboxylic acids is 2. The minimum absolute atomic E-state index is 0.0182. The van der Waals surface area contributed by atoms with Crippen molar-refractivity contribution >= 4 is 38.0 Å². The van der Waals surface area contributed by atoms with Crippen molar-refractivity contribution in [2.75, 3.05) is 138 Å². The van der Waals surface area contributed by atoms with E-state index in [9.17, 15) is 23.1 Å². The van der Waals surface area contributed by atoms with Crippen LogP contribution in [-0.4, -0.2) is 158 Å². The fourth-order valence-corrected chi connectivity index (χ4v) is 5.96. The molecule has 3 aromatic carbocycles. The molecule has 0 aromatic heterocycles. The van der Waals surface area contributed by atoms with Crippen LogP contribution in [0.1, 0.15) is 12.0 Å². The van der Waals surface area contributed by atoms with Crippen molar-refractivity contribution in [3.8, 4) is 5.75 Å². The van der Waals surface area contributed by atoms with E-state index in [4.69, 9.17) is 37.9 Å². The summed E-state index contributed by atoms with van der Waals surface area (Å²) in [5.41, 5.74) is 3.17. The average molecular weight is 876 g/mol. The smallest absolute Gasteiger partial charge is 0.341 e. The maximum atomic E-state index is 12.7. The van der Waals surface area contributed by atoms with Crippen molar-refractivity contribution < 1.29 is 61.0 Å². The maximum absolute atomic E-state index is 12.7. The van der Waals surface area contributed by atoms with E-state index in [2.05, 4.69) is 20.9 Å². The zero-order valence-corrected chi connectivity index (χ0v) is 36.0. The fourth-order valence-electron chi connectivity index (χ4n) is 4.96. The van der Waals surface area contributed by atoms with Crippen LogP contribution >= 0.6 is 0 Å². The summed E-state index contributed by atoms with van der Waals surface area (Å²) in [5.74, 6) is 0.151. The summed E-state index contributed by atoms with van der Waals surface area (Å²) in [6.07, 6.45) is 0.976. The molecule has 3 N–H and O–H groups in total. The molecular weight excluding hydrogens is 815 g/mol. The molecule has 0 spiro atoms. The van der Waals surface area contributed by atoms with Crippen LogP contribution in [0.4, 0.5) is 21.9 Å². The van der Waals surface area contributed by atoms with Crippen LogP contribution < -0.4 is 15.5 Å². The summed E-state index contributed by atoms with van der Waals surface area (Å²) in [7, 11) is -0.345. The van der Waals surface area contributed by atoms with Crippen LogP contribution in [-0.2, 0) is 58.9 Å². The molecule has 0 heterocycles. The first-order chi connectivity index (χ1) is 29.6. The molecule has 0 saturated heterocycles. The molecule has 338 valence electrons. The van der Waals surface area contributed by atoms with E-state index in [0.29, 0.717) is 117 Å². The van der Waals surface area contributed by atoms with E-state index >= 15 is 0 Å². The Morgan fingerprint density at radius 1 is 0.541 bits per heavy atom. The summed E-state index contributed by atoms with van der Waals surface area (Å²) < 4.78 is 69.0. The highest BCUT2D eigenvalue weighted by molar-refractivity contribution is 8.06. The second-order valence-corrected chi connectivity index (χ2v) is 15.1. The van der Waals surface area contributed by atoms with Gasteiger partial charge in [-0.3, -0.25) is 9.59 Å². The number of phenolic OH excluding ortho intramolecular Hbond substituents is 1. The lowest BCUT2D eigenvalue weighted by atomic mass is 10.1. The van der Waals surface area contributed by atoms with E-state index in [1.54, 1.807) is 12.1 Å². The first-order valence-corrected chi connectivity index (χ1v) is 21.6. The largest absolute Gasteiger partial charge is 0.508 e. The van der Waals surface area contributed by atoms with Gasteiger partial charge in [-0.05, 0) is 72.6 Å². The zero-order chi connectivity index (χ0) is 43.8. The average Bonchev–Trinajstić information content (AvgIpc) is 3.26. The molecule has 0 bridgehead atoms. The minimum Gasteiger partial charge on any atom is -0.508 e. The van der Waals surface area contributed by atoms with Crippen molar-refractivity contribution in [2.24, 2.45) is 10.2 Å². The van der Waals surface area contributed by atoms with Crippen molar-refractivity contribution in [3.63, 3.8) is 0 Å². The number of amides is 2. The van der Waals surface area contributed by atoms with Gasteiger partial charge in [0.05, 0.1) is 122 Å². The number of sulfone groups is 1. The topological polar surface area (TPSA) is 214 Å². The molecule has 3 aromatic rings. The third kappa shape index (κ3) is 23.3. The van der Waals surface area contributed by atoms with Crippen LogP contribution in [0.25, 0.3) is 0 Å². The molecule has 0 saturated carbocycles. The van der Waals surface area contributed by atoms with Crippen molar-refractivity contribution in [1.82, 2.24) is 10.6 Å². The van der Waals surface area contributed by atoms with E-state index < -0.39 is 15.1 Å². The zero-order valence-electron chi connectivity index (χ0n) is 35.2. The molecule has 2 amide bonds. The van der Waals surface area contributed by atoms with Crippen molar-refractivity contribution in [3.05, 3.63) is 78.4 Å². The number of ether oxygens (including phenoxy) is 8. The van der Waals surface area contributed by atoms with Gasteiger partial charge in [0.15, 0.2) is 0 Å². The number of hydrogen-bond donors (Lipinski definition) is 3. The number of phenols is 1. The number of nitrogens with one attached hydrogen (secondary N) is 2. The van der Waals surface area contributed by atoms with Crippen LogP contribution in [0.15, 0.2) is 87.9 Å². The van der Waals surface area contributed by atoms with Crippen LogP contribution in [0.2, 0.25) is 0 Å². The Balaban J connectivity index is 1.01. The van der Waals surface area contributed by atoms with Crippen LogP contribution in [0, 0.1) is 0 Å². The van der Waals surface area contributed by atoms with Crippen molar-refractivity contribution in [2.45, 2.75) is 17.7 Å². The summed E-state index contributed by atoms with van der Waals surface area (Å²) in [4.78, 5) is 26.1. The fraction of sp³-hybridized carbons (Fsp3) is 0.524. The molecule has 0 unspecified atom stereocenters. The van der Waals surface area contributed by atoms with E-state index in [0.717, 1.165) is 11.3 Å². The van der Waals surface area contributed by atoms with Gasteiger partial charge < -0.3 is 58.5 Å². The number of anilines is 1. The maximum Gasteiger partial charge on any atom is 0.341 e. The van der Waals surface area contributed by atoms with Gasteiger partial charge in [0.1, 0.15) is 5.75 Å². The second-order valence-electron chi connectivity index (χ2n) is 13.2. The summed E-state index contributed by atoms with van der Waals surface area (Å²) in [6, 6.07) is 20.0. The number of nitrogens with zero attached hydrogens (tertiary/aromatic N) is 3. The SMILES string of the molecule is CN(C)c1ccc(/N=N/c2ccc(S(=O)(=O)C(=O)NCCOCCOCCOCCOCCOCCOCCOCCOCCC(=O)NCCc3ccc(O)cc3)cc2)cc1. The quantitative estimate of drug-likeness (QED) is 0.0566. The van der Waals surface area contributed by atoms with Gasteiger partial charge in [-0.1, -0.05) is 12.1 Å². The van der Waals surface area contributed by atoms with Gasteiger partial charge in [0.25, 0.3) is 9.84 Å². The monoisotopic (exact) mass is 875 g/mol. The van der Waals surface area contributed by atoms with Crippen molar-refractivity contribution in [1.29, 1.82) is 0 Å². The number of azo groups is 1. The van der Waals surface area contributed by atoms with E-state index in [-0.39, 0.29) is 42.7 Å². The van der Waals surface area contributed by atoms with Gasteiger partial charge in [0, 0.05) is 39.3 Å². The summed E-state index contributed by atoms with van der Waals surface area (Å²) >= 11 is 0. The van der Waals surface area contributed by atoms with E-state index in [1.807, 2.05) is 55.4 Å². The lowest BCUT2D eigenvalue weighted by Gasteiger charge is -2.11. The van der Waals surface area contributed by atoms with Gasteiger partial charge >= 0.3 is 5.24 Å². The second kappa shape index (κ2) is 31.3.